The Kier molecular flexibility index (Phi) is 9.98. The Morgan fingerprint density at radius 1 is 0.974 bits per heavy atom. The molecular formula is C28H31BrClN3O4S. The predicted octanol–water partition coefficient (Wildman–Crippen LogP) is 5.55. The van der Waals surface area contributed by atoms with Gasteiger partial charge in [-0.3, -0.25) is 13.9 Å². The van der Waals surface area contributed by atoms with Gasteiger partial charge in [-0.05, 0) is 87.4 Å². The number of carbonyl (C=O) groups is 2. The summed E-state index contributed by atoms with van der Waals surface area (Å²) in [7, 11) is -4.14. The quantitative estimate of drug-likeness (QED) is 0.322. The van der Waals surface area contributed by atoms with Gasteiger partial charge >= 0.3 is 0 Å². The van der Waals surface area contributed by atoms with Crippen molar-refractivity contribution < 1.29 is 18.0 Å². The molecule has 0 spiro atoms. The summed E-state index contributed by atoms with van der Waals surface area (Å²) in [5.41, 5.74) is 1.98. The summed E-state index contributed by atoms with van der Waals surface area (Å²) in [6.45, 7) is 6.79. The number of anilines is 1. The number of rotatable bonds is 10. The van der Waals surface area contributed by atoms with Crippen LogP contribution in [0.4, 0.5) is 5.69 Å². The summed E-state index contributed by atoms with van der Waals surface area (Å²) in [5, 5.41) is 3.24. The van der Waals surface area contributed by atoms with E-state index in [1.807, 2.05) is 51.1 Å². The minimum absolute atomic E-state index is 0.00117. The largest absolute Gasteiger partial charge is 0.352 e. The molecule has 0 unspecified atom stereocenters. The molecule has 202 valence electrons. The molecule has 0 aromatic heterocycles. The summed E-state index contributed by atoms with van der Waals surface area (Å²) >= 11 is 9.39. The van der Waals surface area contributed by atoms with Gasteiger partial charge < -0.3 is 10.2 Å². The summed E-state index contributed by atoms with van der Waals surface area (Å²) in [6.07, 6.45) is 0. The third-order valence-electron chi connectivity index (χ3n) is 5.83. The fourth-order valence-electron chi connectivity index (χ4n) is 3.82. The zero-order chi connectivity index (χ0) is 28.0. The molecule has 3 aromatic rings. The molecule has 7 nitrogen and oxygen atoms in total. The van der Waals surface area contributed by atoms with Crippen LogP contribution in [-0.4, -0.2) is 43.8 Å². The third kappa shape index (κ3) is 7.58. The second-order valence-corrected chi connectivity index (χ2v) is 12.5. The van der Waals surface area contributed by atoms with Crippen LogP contribution in [0.1, 0.15) is 31.9 Å². The molecule has 38 heavy (non-hydrogen) atoms. The van der Waals surface area contributed by atoms with Crippen molar-refractivity contribution >= 4 is 55.1 Å². The van der Waals surface area contributed by atoms with Gasteiger partial charge in [0.25, 0.3) is 10.0 Å². The number of amides is 2. The smallest absolute Gasteiger partial charge is 0.264 e. The Morgan fingerprint density at radius 3 is 2.18 bits per heavy atom. The fourth-order valence-corrected chi connectivity index (χ4v) is 5.62. The zero-order valence-electron chi connectivity index (χ0n) is 21.7. The molecule has 0 saturated carbocycles. The number of carbonyl (C=O) groups excluding carboxylic acids is 2. The second kappa shape index (κ2) is 12.8. The van der Waals surface area contributed by atoms with Gasteiger partial charge in [-0.25, -0.2) is 8.42 Å². The first-order valence-electron chi connectivity index (χ1n) is 12.1. The van der Waals surface area contributed by atoms with Gasteiger partial charge in [-0.2, -0.15) is 0 Å². The summed E-state index contributed by atoms with van der Waals surface area (Å²) in [6, 6.07) is 19.1. The molecule has 10 heteroatoms. The predicted molar refractivity (Wildman–Crippen MR) is 155 cm³/mol. The first-order chi connectivity index (χ1) is 17.9. The number of benzene rings is 3. The van der Waals surface area contributed by atoms with E-state index in [2.05, 4.69) is 21.2 Å². The highest BCUT2D eigenvalue weighted by Gasteiger charge is 2.32. The van der Waals surface area contributed by atoms with Gasteiger partial charge in [0, 0.05) is 22.1 Å². The van der Waals surface area contributed by atoms with Gasteiger partial charge in [-0.1, -0.05) is 51.8 Å². The Bertz CT molecular complexity index is 1380. The molecule has 0 fully saturated rings. The highest BCUT2D eigenvalue weighted by molar-refractivity contribution is 9.10. The van der Waals surface area contributed by atoms with Gasteiger partial charge in [0.15, 0.2) is 0 Å². The summed E-state index contributed by atoms with van der Waals surface area (Å²) in [4.78, 5) is 28.2. The molecule has 0 aliphatic heterocycles. The number of aryl methyl sites for hydroxylation is 1. The van der Waals surface area contributed by atoms with Crippen molar-refractivity contribution in [3.05, 3.63) is 93.4 Å². The Hall–Kier alpha value is -2.88. The lowest BCUT2D eigenvalue weighted by atomic mass is 10.1. The van der Waals surface area contributed by atoms with Gasteiger partial charge in [0.05, 0.1) is 10.6 Å². The van der Waals surface area contributed by atoms with Crippen LogP contribution in [0.5, 0.6) is 0 Å². The van der Waals surface area contributed by atoms with Crippen LogP contribution >= 0.6 is 27.5 Å². The van der Waals surface area contributed by atoms with Crippen LogP contribution in [0.15, 0.2) is 82.2 Å². The van der Waals surface area contributed by atoms with Gasteiger partial charge in [0.2, 0.25) is 11.8 Å². The van der Waals surface area contributed by atoms with Gasteiger partial charge in [0.1, 0.15) is 12.6 Å². The van der Waals surface area contributed by atoms with Gasteiger partial charge in [-0.15, -0.1) is 0 Å². The van der Waals surface area contributed by atoms with Crippen molar-refractivity contribution in [1.29, 1.82) is 0 Å². The van der Waals surface area contributed by atoms with Crippen LogP contribution in [0, 0.1) is 6.92 Å². The van der Waals surface area contributed by atoms with Crippen molar-refractivity contribution in [2.45, 2.75) is 51.2 Å². The number of nitrogens with zero attached hydrogens (tertiary/aromatic N) is 2. The first kappa shape index (κ1) is 29.7. The van der Waals surface area contributed by atoms with Crippen molar-refractivity contribution in [1.82, 2.24) is 10.2 Å². The molecule has 0 aliphatic rings. The van der Waals surface area contributed by atoms with E-state index in [1.54, 1.807) is 25.1 Å². The topological polar surface area (TPSA) is 86.8 Å². The number of sulfonamides is 1. The van der Waals surface area contributed by atoms with E-state index in [4.69, 9.17) is 11.6 Å². The molecule has 0 heterocycles. The summed E-state index contributed by atoms with van der Waals surface area (Å²) in [5.74, 6) is -0.841. The highest BCUT2D eigenvalue weighted by atomic mass is 79.9. The minimum atomic E-state index is -4.14. The summed E-state index contributed by atoms with van der Waals surface area (Å²) < 4.78 is 29.5. The number of hydrogen-bond acceptors (Lipinski definition) is 4. The maximum Gasteiger partial charge on any atom is 0.264 e. The lowest BCUT2D eigenvalue weighted by molar-refractivity contribution is -0.139. The SMILES string of the molecule is Cc1cccc(N(CC(=O)N(Cc2ccc(Br)cc2)[C@H](C)C(=O)NC(C)C)S(=O)(=O)c2ccc(Cl)cc2)c1. The average Bonchev–Trinajstić information content (AvgIpc) is 2.86. The van der Waals surface area contributed by atoms with E-state index < -0.39 is 28.5 Å². The van der Waals surface area contributed by atoms with Crippen molar-refractivity contribution in [3.63, 3.8) is 0 Å². The van der Waals surface area contributed by atoms with Crippen molar-refractivity contribution in [3.8, 4) is 0 Å². The molecule has 0 radical (unpaired) electrons. The van der Waals surface area contributed by atoms with E-state index in [9.17, 15) is 18.0 Å². The molecular weight excluding hydrogens is 590 g/mol. The van der Waals surface area contributed by atoms with E-state index in [0.29, 0.717) is 10.7 Å². The Morgan fingerprint density at radius 2 is 1.61 bits per heavy atom. The zero-order valence-corrected chi connectivity index (χ0v) is 24.8. The van der Waals surface area contributed by atoms with Crippen LogP contribution in [0.25, 0.3) is 0 Å². The lowest BCUT2D eigenvalue weighted by Crippen LogP contribution is -2.52. The standard InChI is InChI=1S/C28H31BrClN3O4S/c1-19(2)31-28(35)21(4)32(17-22-8-10-23(29)11-9-22)27(34)18-33(25-7-5-6-20(3)16-25)38(36,37)26-14-12-24(30)13-15-26/h5-16,19,21H,17-18H2,1-4H3,(H,31,35)/t21-/m1/s1. The maximum atomic E-state index is 13.9. The maximum absolute atomic E-state index is 13.9. The first-order valence-corrected chi connectivity index (χ1v) is 14.7. The molecule has 2 amide bonds. The van der Waals surface area contributed by atoms with E-state index in [-0.39, 0.29) is 23.4 Å². The highest BCUT2D eigenvalue weighted by Crippen LogP contribution is 2.26. The molecule has 3 aromatic carbocycles. The monoisotopic (exact) mass is 619 g/mol. The third-order valence-corrected chi connectivity index (χ3v) is 8.40. The normalized spacial score (nSPS) is 12.2. The number of halogens is 2. The lowest BCUT2D eigenvalue weighted by Gasteiger charge is -2.32. The van der Waals surface area contributed by atoms with Crippen molar-refractivity contribution in [2.75, 3.05) is 10.8 Å². The molecule has 1 N–H and O–H groups in total. The average molecular weight is 621 g/mol. The minimum Gasteiger partial charge on any atom is -0.352 e. The molecule has 1 atom stereocenters. The molecule has 0 bridgehead atoms. The Labute approximate surface area is 238 Å². The number of nitrogens with one attached hydrogen (secondary N) is 1. The van der Waals surface area contributed by atoms with Crippen LogP contribution < -0.4 is 9.62 Å². The molecule has 3 rings (SSSR count). The number of hydrogen-bond donors (Lipinski definition) is 1. The van der Waals surface area contributed by atoms with E-state index in [1.165, 1.54) is 29.2 Å². The fraction of sp³-hybridized carbons (Fsp3) is 0.286. The Balaban J connectivity index is 2.03. The molecule has 0 saturated heterocycles. The van der Waals surface area contributed by atoms with Crippen LogP contribution in [0.2, 0.25) is 5.02 Å². The second-order valence-electron chi connectivity index (χ2n) is 9.29. The van der Waals surface area contributed by atoms with Crippen LogP contribution in [-0.2, 0) is 26.2 Å². The van der Waals surface area contributed by atoms with Crippen molar-refractivity contribution in [2.24, 2.45) is 0 Å². The van der Waals surface area contributed by atoms with E-state index >= 15 is 0 Å². The van der Waals surface area contributed by atoms with E-state index in [0.717, 1.165) is 19.9 Å². The van der Waals surface area contributed by atoms with Crippen LogP contribution in [0.3, 0.4) is 0 Å². The molecule has 0 aliphatic carbocycles.